The van der Waals surface area contributed by atoms with Crippen LogP contribution in [0.2, 0.25) is 0 Å². The molecule has 0 spiro atoms. The van der Waals surface area contributed by atoms with E-state index in [1.165, 1.54) is 4.90 Å². The highest BCUT2D eigenvalue weighted by Gasteiger charge is 2.45. The van der Waals surface area contributed by atoms with Crippen LogP contribution in [-0.2, 0) is 17.9 Å². The average Bonchev–Trinajstić information content (AvgIpc) is 3.28. The van der Waals surface area contributed by atoms with Crippen LogP contribution in [-0.4, -0.2) is 61.3 Å². The molecule has 1 aromatic carbocycles. The molecule has 0 saturated carbocycles. The van der Waals surface area contributed by atoms with Gasteiger partial charge in [-0.1, -0.05) is 26.8 Å². The van der Waals surface area contributed by atoms with Gasteiger partial charge in [0.05, 0.1) is 17.1 Å². The number of hydrogen-bond acceptors (Lipinski definition) is 4. The van der Waals surface area contributed by atoms with Gasteiger partial charge in [-0.05, 0) is 42.9 Å². The number of carbonyl (C=O) groups is 2. The van der Waals surface area contributed by atoms with E-state index in [2.05, 4.69) is 4.98 Å². The number of nitrogens with zero attached hydrogens (tertiary/aromatic N) is 4. The molecular weight excluding hydrogens is 439 g/mol. The van der Waals surface area contributed by atoms with E-state index in [1.807, 2.05) is 0 Å². The number of likely N-dealkylation sites (tertiary alicyclic amines) is 1. The molecule has 0 radical (unpaired) electrons. The quantitative estimate of drug-likeness (QED) is 0.687. The number of carbonyl (C=O) groups excluding carboxylic acids is 1. The van der Waals surface area contributed by atoms with E-state index in [9.17, 15) is 27.9 Å². The highest BCUT2D eigenvalue weighted by atomic mass is 19.4. The van der Waals surface area contributed by atoms with E-state index in [-0.39, 0.29) is 18.5 Å². The molecule has 1 aromatic heterocycles. The Kier molecular flexibility index (Phi) is 6.54. The summed E-state index contributed by atoms with van der Waals surface area (Å²) in [6, 6.07) is 4.07. The van der Waals surface area contributed by atoms with Crippen molar-refractivity contribution in [2.24, 2.45) is 5.41 Å². The first-order valence-electron chi connectivity index (χ1n) is 10.8. The summed E-state index contributed by atoms with van der Waals surface area (Å²) in [6.07, 6.45) is -4.48. The minimum atomic E-state index is -4.98. The fraction of sp³-hybridized carbons (Fsp3) is 0.591. The Morgan fingerprint density at radius 2 is 1.97 bits per heavy atom. The maximum absolute atomic E-state index is 13.3. The number of fused-ring (bicyclic) bond motifs is 1. The van der Waals surface area contributed by atoms with E-state index in [0.717, 1.165) is 11.3 Å². The Hall–Kier alpha value is -2.98. The van der Waals surface area contributed by atoms with E-state index in [1.54, 1.807) is 50.5 Å². The summed E-state index contributed by atoms with van der Waals surface area (Å²) in [5.41, 5.74) is 7.16. The molecule has 2 aromatic rings. The second kappa shape index (κ2) is 8.75. The standard InChI is InChI=1S/C22H30F3N5O3/c1-13(21(2,3)4)29(18(31)22(23,24)25)11-14-7-8-17-16(10-14)27-19(26)30(17)12-15-6-5-9-28(15)20(32)33/h7-8,10,13,15H,5-6,9,11-12H2,1-4H3,(H2,26,27)(H,32,33)/t13-,15?/m0/s1. The zero-order valence-corrected chi connectivity index (χ0v) is 19.2. The maximum atomic E-state index is 13.3. The van der Waals surface area contributed by atoms with Crippen molar-refractivity contribution in [3.8, 4) is 0 Å². The van der Waals surface area contributed by atoms with Gasteiger partial charge < -0.3 is 25.2 Å². The zero-order valence-electron chi connectivity index (χ0n) is 19.2. The van der Waals surface area contributed by atoms with Crippen LogP contribution >= 0.6 is 0 Å². The Labute approximate surface area is 190 Å². The molecule has 1 aliphatic rings. The molecular formula is C22H30F3N5O3. The molecule has 1 fully saturated rings. The highest BCUT2D eigenvalue weighted by Crippen LogP contribution is 2.31. The Balaban J connectivity index is 1.90. The molecule has 11 heteroatoms. The van der Waals surface area contributed by atoms with Crippen molar-refractivity contribution >= 4 is 29.0 Å². The van der Waals surface area contributed by atoms with Crippen molar-refractivity contribution in [1.29, 1.82) is 0 Å². The summed E-state index contributed by atoms with van der Waals surface area (Å²) in [5, 5.41) is 9.38. The predicted octanol–water partition coefficient (Wildman–Crippen LogP) is 4.09. The number of nitrogens with two attached hydrogens (primary N) is 1. The number of amides is 2. The molecule has 8 nitrogen and oxygen atoms in total. The van der Waals surface area contributed by atoms with Gasteiger partial charge >= 0.3 is 18.2 Å². The molecule has 2 atom stereocenters. The molecule has 3 rings (SSSR count). The number of carboxylic acid groups (broad SMARTS) is 1. The van der Waals surface area contributed by atoms with E-state index < -0.39 is 29.6 Å². The molecule has 182 valence electrons. The zero-order chi connectivity index (χ0) is 24.7. The van der Waals surface area contributed by atoms with Gasteiger partial charge in [0.15, 0.2) is 0 Å². The summed E-state index contributed by atoms with van der Waals surface area (Å²) >= 11 is 0. The fourth-order valence-electron chi connectivity index (χ4n) is 4.18. The molecule has 33 heavy (non-hydrogen) atoms. The molecule has 1 aliphatic heterocycles. The summed E-state index contributed by atoms with van der Waals surface area (Å²) in [4.78, 5) is 30.2. The lowest BCUT2D eigenvalue weighted by atomic mass is 9.86. The molecule has 2 amide bonds. The van der Waals surface area contributed by atoms with Crippen molar-refractivity contribution in [3.05, 3.63) is 23.8 Å². The van der Waals surface area contributed by atoms with Crippen molar-refractivity contribution in [2.75, 3.05) is 12.3 Å². The normalized spacial score (nSPS) is 18.0. The second-order valence-corrected chi connectivity index (χ2v) is 9.65. The minimum Gasteiger partial charge on any atom is -0.465 e. The van der Waals surface area contributed by atoms with Gasteiger partial charge in [0.2, 0.25) is 5.95 Å². The topological polar surface area (TPSA) is 105 Å². The van der Waals surface area contributed by atoms with Crippen molar-refractivity contribution in [2.45, 2.75) is 71.9 Å². The highest BCUT2D eigenvalue weighted by molar-refractivity contribution is 5.83. The van der Waals surface area contributed by atoms with Gasteiger partial charge in [-0.25, -0.2) is 9.78 Å². The first-order valence-corrected chi connectivity index (χ1v) is 10.8. The Morgan fingerprint density at radius 1 is 1.30 bits per heavy atom. The number of rotatable bonds is 5. The number of alkyl halides is 3. The summed E-state index contributed by atoms with van der Waals surface area (Å²) in [5.74, 6) is -1.68. The molecule has 1 unspecified atom stereocenters. The minimum absolute atomic E-state index is 0.200. The predicted molar refractivity (Wildman–Crippen MR) is 117 cm³/mol. The van der Waals surface area contributed by atoms with Crippen molar-refractivity contribution in [3.63, 3.8) is 0 Å². The number of aromatic nitrogens is 2. The van der Waals surface area contributed by atoms with Gasteiger partial charge in [-0.3, -0.25) is 4.79 Å². The van der Waals surface area contributed by atoms with Gasteiger partial charge in [0, 0.05) is 25.7 Å². The Bertz CT molecular complexity index is 1040. The third kappa shape index (κ3) is 5.17. The SMILES string of the molecule is C[C@H](N(Cc1ccc2c(c1)nc(N)n2CC1CCCN1C(=O)O)C(=O)C(F)(F)F)C(C)(C)C. The molecule has 3 N–H and O–H groups in total. The monoisotopic (exact) mass is 469 g/mol. The first kappa shape index (κ1) is 24.7. The summed E-state index contributed by atoms with van der Waals surface area (Å²) in [6.45, 7) is 7.52. The van der Waals surface area contributed by atoms with Crippen LogP contribution in [0.1, 0.15) is 46.1 Å². The van der Waals surface area contributed by atoms with Crippen molar-refractivity contribution in [1.82, 2.24) is 19.4 Å². The summed E-state index contributed by atoms with van der Waals surface area (Å²) < 4.78 is 41.5. The van der Waals surface area contributed by atoms with Crippen molar-refractivity contribution < 1.29 is 27.9 Å². The third-order valence-corrected chi connectivity index (χ3v) is 6.44. The van der Waals surface area contributed by atoms with Crippen LogP contribution in [0.3, 0.4) is 0 Å². The second-order valence-electron chi connectivity index (χ2n) is 9.65. The van der Waals surface area contributed by atoms with Gasteiger partial charge in [0.1, 0.15) is 0 Å². The third-order valence-electron chi connectivity index (χ3n) is 6.44. The lowest BCUT2D eigenvalue weighted by Gasteiger charge is -2.38. The number of nitrogen functional groups attached to an aromatic ring is 1. The lowest BCUT2D eigenvalue weighted by molar-refractivity contribution is -0.190. The molecule has 0 aliphatic carbocycles. The molecule has 2 heterocycles. The number of anilines is 1. The smallest absolute Gasteiger partial charge is 0.465 e. The number of imidazole rings is 1. The van der Waals surface area contributed by atoms with Crippen LogP contribution < -0.4 is 5.73 Å². The Morgan fingerprint density at radius 3 is 2.55 bits per heavy atom. The van der Waals surface area contributed by atoms with Crippen LogP contribution in [0, 0.1) is 5.41 Å². The largest absolute Gasteiger partial charge is 0.471 e. The fourth-order valence-corrected chi connectivity index (χ4v) is 4.18. The first-order chi connectivity index (χ1) is 15.2. The number of halogens is 3. The van der Waals surface area contributed by atoms with E-state index in [0.29, 0.717) is 36.1 Å². The van der Waals surface area contributed by atoms with Crippen LogP contribution in [0.5, 0.6) is 0 Å². The van der Waals surface area contributed by atoms with Gasteiger partial charge in [-0.15, -0.1) is 0 Å². The average molecular weight is 470 g/mol. The number of hydrogen-bond donors (Lipinski definition) is 2. The molecule has 1 saturated heterocycles. The lowest BCUT2D eigenvalue weighted by Crippen LogP contribution is -2.50. The molecule has 0 bridgehead atoms. The van der Waals surface area contributed by atoms with E-state index >= 15 is 0 Å². The maximum Gasteiger partial charge on any atom is 0.471 e. The van der Waals surface area contributed by atoms with Crippen LogP contribution in [0.15, 0.2) is 18.2 Å². The van der Waals surface area contributed by atoms with Gasteiger partial charge in [-0.2, -0.15) is 13.2 Å². The van der Waals surface area contributed by atoms with E-state index in [4.69, 9.17) is 5.73 Å². The van der Waals surface area contributed by atoms with Crippen LogP contribution in [0.4, 0.5) is 23.9 Å². The summed E-state index contributed by atoms with van der Waals surface area (Å²) in [7, 11) is 0. The number of benzene rings is 1. The van der Waals surface area contributed by atoms with Gasteiger partial charge in [0.25, 0.3) is 0 Å². The van der Waals surface area contributed by atoms with Crippen LogP contribution in [0.25, 0.3) is 11.0 Å².